The molecule has 0 N–H and O–H groups in total. The van der Waals surface area contributed by atoms with Crippen LogP contribution in [0.15, 0.2) is 5.10 Å². The summed E-state index contributed by atoms with van der Waals surface area (Å²) >= 11 is 0. The van der Waals surface area contributed by atoms with Crippen molar-refractivity contribution < 1.29 is 14.5 Å². The molecule has 0 bridgehead atoms. The number of rotatable bonds is 7. The average molecular weight is 300 g/mol. The van der Waals surface area contributed by atoms with Gasteiger partial charge in [0.1, 0.15) is 11.3 Å². The number of hydrogen-bond acceptors (Lipinski definition) is 4. The molecule has 2 saturated heterocycles. The molecule has 2 aliphatic heterocycles. The smallest absolute Gasteiger partial charge is 0.276 e. The number of hydrazone groups is 1. The third-order valence-electron chi connectivity index (χ3n) is 3.83. The van der Waals surface area contributed by atoms with Gasteiger partial charge in [-0.25, -0.2) is 10.1 Å². The molecule has 0 amide bonds. The van der Waals surface area contributed by atoms with E-state index in [0.717, 1.165) is 39.1 Å². The minimum atomic E-state index is -0.627. The molecule has 2 rings (SSSR count). The Hall–Kier alpha value is -1.41. The van der Waals surface area contributed by atoms with Gasteiger partial charge in [0.2, 0.25) is 0 Å². The van der Waals surface area contributed by atoms with E-state index in [-0.39, 0.29) is 6.23 Å². The van der Waals surface area contributed by atoms with E-state index >= 15 is 0 Å². The van der Waals surface area contributed by atoms with Crippen LogP contribution in [0.5, 0.6) is 0 Å². The SMILES string of the molecule is CCCOC(C)N1CCN(CC2CCOC2)C1=N[N+](=O)[O-]. The van der Waals surface area contributed by atoms with Crippen molar-refractivity contribution in [3.8, 4) is 0 Å². The zero-order valence-electron chi connectivity index (χ0n) is 12.7. The first-order chi connectivity index (χ1) is 10.1. The molecule has 0 saturated carbocycles. The molecule has 0 aliphatic carbocycles. The number of hydrogen-bond donors (Lipinski definition) is 0. The number of nitro groups is 1. The molecule has 8 heteroatoms. The minimum absolute atomic E-state index is 0.200. The maximum absolute atomic E-state index is 10.8. The molecule has 8 nitrogen and oxygen atoms in total. The Kier molecular flexibility index (Phi) is 5.75. The minimum Gasteiger partial charge on any atom is -0.381 e. The van der Waals surface area contributed by atoms with Crippen molar-refractivity contribution in [1.82, 2.24) is 9.80 Å². The van der Waals surface area contributed by atoms with E-state index in [2.05, 4.69) is 5.10 Å². The van der Waals surface area contributed by atoms with Crippen LogP contribution in [0.1, 0.15) is 26.7 Å². The topological polar surface area (TPSA) is 80.4 Å². The van der Waals surface area contributed by atoms with Crippen LogP contribution in [0.25, 0.3) is 0 Å². The molecule has 0 aromatic carbocycles. The van der Waals surface area contributed by atoms with Gasteiger partial charge in [0.25, 0.3) is 5.96 Å². The summed E-state index contributed by atoms with van der Waals surface area (Å²) in [6.45, 7) is 8.28. The third kappa shape index (κ3) is 4.28. The molecule has 0 aromatic rings. The monoisotopic (exact) mass is 300 g/mol. The van der Waals surface area contributed by atoms with Crippen LogP contribution in [-0.4, -0.2) is 66.5 Å². The third-order valence-corrected chi connectivity index (χ3v) is 3.83. The van der Waals surface area contributed by atoms with Crippen LogP contribution in [0.3, 0.4) is 0 Å². The summed E-state index contributed by atoms with van der Waals surface area (Å²) in [5.41, 5.74) is 0. The normalized spacial score (nSPS) is 25.8. The molecule has 0 spiro atoms. The molecular formula is C13H24N4O4. The number of ether oxygens (including phenoxy) is 2. The Bertz CT molecular complexity index is 384. The van der Waals surface area contributed by atoms with Gasteiger partial charge in [-0.15, -0.1) is 0 Å². The van der Waals surface area contributed by atoms with Crippen molar-refractivity contribution in [3.05, 3.63) is 10.1 Å². The van der Waals surface area contributed by atoms with Gasteiger partial charge in [-0.1, -0.05) is 6.92 Å². The summed E-state index contributed by atoms with van der Waals surface area (Å²) in [4.78, 5) is 14.7. The highest BCUT2D eigenvalue weighted by atomic mass is 16.7. The molecule has 2 aliphatic rings. The van der Waals surface area contributed by atoms with Gasteiger partial charge in [-0.05, 0) is 19.8 Å². The lowest BCUT2D eigenvalue weighted by molar-refractivity contribution is -0.486. The largest absolute Gasteiger partial charge is 0.381 e. The van der Waals surface area contributed by atoms with E-state index in [1.807, 2.05) is 23.6 Å². The first-order valence-electron chi connectivity index (χ1n) is 7.55. The summed E-state index contributed by atoms with van der Waals surface area (Å²) in [5.74, 6) is 0.837. The van der Waals surface area contributed by atoms with Crippen LogP contribution in [0.4, 0.5) is 0 Å². The predicted molar refractivity (Wildman–Crippen MR) is 77.3 cm³/mol. The summed E-state index contributed by atoms with van der Waals surface area (Å²) in [7, 11) is 0. The van der Waals surface area contributed by atoms with E-state index < -0.39 is 5.03 Å². The van der Waals surface area contributed by atoms with E-state index in [4.69, 9.17) is 9.47 Å². The maximum atomic E-state index is 10.8. The van der Waals surface area contributed by atoms with Gasteiger partial charge >= 0.3 is 0 Å². The first kappa shape index (κ1) is 16.0. The lowest BCUT2D eigenvalue weighted by atomic mass is 10.1. The summed E-state index contributed by atoms with van der Waals surface area (Å²) in [6, 6.07) is 0. The van der Waals surface area contributed by atoms with Gasteiger partial charge in [0, 0.05) is 38.8 Å². The second kappa shape index (κ2) is 7.56. The van der Waals surface area contributed by atoms with Gasteiger partial charge in [0.05, 0.1) is 6.61 Å². The number of guanidine groups is 1. The van der Waals surface area contributed by atoms with Gasteiger partial charge in [-0.2, -0.15) is 0 Å². The molecule has 2 fully saturated rings. The summed E-state index contributed by atoms with van der Waals surface area (Å²) in [6.07, 6.45) is 1.72. The second-order valence-electron chi connectivity index (χ2n) is 5.48. The van der Waals surface area contributed by atoms with E-state index in [9.17, 15) is 10.1 Å². The van der Waals surface area contributed by atoms with Gasteiger partial charge in [-0.3, -0.25) is 0 Å². The fourth-order valence-corrected chi connectivity index (χ4v) is 2.74. The van der Waals surface area contributed by atoms with Crippen LogP contribution < -0.4 is 0 Å². The first-order valence-corrected chi connectivity index (χ1v) is 7.55. The van der Waals surface area contributed by atoms with E-state index in [0.29, 0.717) is 25.0 Å². The molecule has 0 radical (unpaired) electrons. The van der Waals surface area contributed by atoms with Gasteiger partial charge in [0.15, 0.2) is 5.03 Å². The number of nitrogens with zero attached hydrogens (tertiary/aromatic N) is 4. The van der Waals surface area contributed by atoms with E-state index in [1.165, 1.54) is 0 Å². The standard InChI is InChI=1S/C13H24N4O4/c1-3-7-21-11(2)16-6-5-15(13(16)14-17(18)19)9-12-4-8-20-10-12/h11-12H,3-10H2,1-2H3. The lowest BCUT2D eigenvalue weighted by Crippen LogP contribution is -2.42. The van der Waals surface area contributed by atoms with Crippen LogP contribution in [-0.2, 0) is 9.47 Å². The van der Waals surface area contributed by atoms with Crippen molar-refractivity contribution >= 4 is 5.96 Å². The predicted octanol–water partition coefficient (Wildman–Crippen LogP) is 0.961. The molecule has 2 atom stereocenters. The molecule has 120 valence electrons. The quantitative estimate of drug-likeness (QED) is 0.514. The highest BCUT2D eigenvalue weighted by Gasteiger charge is 2.35. The Morgan fingerprint density at radius 2 is 2.38 bits per heavy atom. The zero-order valence-corrected chi connectivity index (χ0v) is 12.7. The molecule has 21 heavy (non-hydrogen) atoms. The molecule has 2 heterocycles. The van der Waals surface area contributed by atoms with E-state index in [1.54, 1.807) is 0 Å². The molecular weight excluding hydrogens is 276 g/mol. The van der Waals surface area contributed by atoms with Crippen molar-refractivity contribution in [1.29, 1.82) is 0 Å². The van der Waals surface area contributed by atoms with Crippen LogP contribution in [0.2, 0.25) is 0 Å². The molecule has 0 aromatic heterocycles. The highest BCUT2D eigenvalue weighted by molar-refractivity contribution is 5.81. The lowest BCUT2D eigenvalue weighted by Gasteiger charge is -2.27. The van der Waals surface area contributed by atoms with Crippen molar-refractivity contribution in [2.75, 3.05) is 39.5 Å². The Balaban J connectivity index is 2.02. The Morgan fingerprint density at radius 3 is 3.00 bits per heavy atom. The summed E-state index contributed by atoms with van der Waals surface area (Å²) < 4.78 is 11.0. The van der Waals surface area contributed by atoms with Crippen molar-refractivity contribution in [2.24, 2.45) is 11.0 Å². The second-order valence-corrected chi connectivity index (χ2v) is 5.48. The zero-order chi connectivity index (χ0) is 15.2. The highest BCUT2D eigenvalue weighted by Crippen LogP contribution is 2.19. The van der Waals surface area contributed by atoms with Crippen molar-refractivity contribution in [2.45, 2.75) is 32.9 Å². The fraction of sp³-hybridized carbons (Fsp3) is 0.923. The Morgan fingerprint density at radius 1 is 1.57 bits per heavy atom. The summed E-state index contributed by atoms with van der Waals surface area (Å²) in [5, 5.41) is 13.8. The van der Waals surface area contributed by atoms with Gasteiger partial charge < -0.3 is 19.3 Å². The Labute approximate surface area is 124 Å². The average Bonchev–Trinajstić information content (AvgIpc) is 3.07. The fourth-order valence-electron chi connectivity index (χ4n) is 2.74. The maximum Gasteiger partial charge on any atom is 0.276 e. The molecule has 2 unspecified atom stereocenters. The van der Waals surface area contributed by atoms with Crippen LogP contribution in [0, 0.1) is 16.0 Å². The van der Waals surface area contributed by atoms with Crippen LogP contribution >= 0.6 is 0 Å². The van der Waals surface area contributed by atoms with Crippen molar-refractivity contribution in [3.63, 3.8) is 0 Å².